The van der Waals surface area contributed by atoms with Gasteiger partial charge in [0.1, 0.15) is 0 Å². The van der Waals surface area contributed by atoms with Crippen molar-refractivity contribution < 1.29 is 4.79 Å². The summed E-state index contributed by atoms with van der Waals surface area (Å²) in [5.41, 5.74) is 5.55. The summed E-state index contributed by atoms with van der Waals surface area (Å²) in [4.78, 5) is 13.4. The Morgan fingerprint density at radius 2 is 2.31 bits per heavy atom. The lowest BCUT2D eigenvalue weighted by molar-refractivity contribution is -0.122. The van der Waals surface area contributed by atoms with Crippen molar-refractivity contribution in [2.45, 2.75) is 19.4 Å². The molecule has 4 nitrogen and oxygen atoms in total. The first-order chi connectivity index (χ1) is 6.15. The summed E-state index contributed by atoms with van der Waals surface area (Å²) < 4.78 is 0. The first-order valence-electron chi connectivity index (χ1n) is 4.87. The maximum absolute atomic E-state index is 11.3. The molecule has 0 spiro atoms. The van der Waals surface area contributed by atoms with Gasteiger partial charge in [-0.05, 0) is 20.0 Å². The lowest BCUT2D eigenvalue weighted by Crippen LogP contribution is -2.34. The summed E-state index contributed by atoms with van der Waals surface area (Å²) in [6.07, 6.45) is 0.857. The summed E-state index contributed by atoms with van der Waals surface area (Å²) >= 11 is 0. The molecule has 2 unspecified atom stereocenters. The Hall–Kier alpha value is -0.610. The van der Waals surface area contributed by atoms with Gasteiger partial charge in [0.05, 0.1) is 5.92 Å². The van der Waals surface area contributed by atoms with Crippen molar-refractivity contribution in [2.75, 3.05) is 26.7 Å². The van der Waals surface area contributed by atoms with Gasteiger partial charge in [0, 0.05) is 19.1 Å². The van der Waals surface area contributed by atoms with Crippen LogP contribution in [0.1, 0.15) is 13.3 Å². The van der Waals surface area contributed by atoms with Crippen LogP contribution in [0.5, 0.6) is 0 Å². The number of likely N-dealkylation sites (N-methyl/N-ethyl adjacent to an activating group) is 1. The van der Waals surface area contributed by atoms with Crippen LogP contribution in [-0.4, -0.2) is 43.5 Å². The second kappa shape index (κ2) is 4.58. The van der Waals surface area contributed by atoms with Crippen molar-refractivity contribution in [3.63, 3.8) is 0 Å². The zero-order valence-corrected chi connectivity index (χ0v) is 8.42. The van der Waals surface area contributed by atoms with Gasteiger partial charge < -0.3 is 16.0 Å². The molecule has 13 heavy (non-hydrogen) atoms. The van der Waals surface area contributed by atoms with Gasteiger partial charge in [0.2, 0.25) is 5.91 Å². The predicted molar refractivity (Wildman–Crippen MR) is 52.3 cm³/mol. The number of carbonyl (C=O) groups is 1. The molecule has 0 saturated heterocycles. The van der Waals surface area contributed by atoms with Crippen LogP contribution in [0.2, 0.25) is 0 Å². The summed E-state index contributed by atoms with van der Waals surface area (Å²) in [6, 6.07) is 0.115. The zero-order chi connectivity index (χ0) is 9.84. The zero-order valence-electron chi connectivity index (χ0n) is 8.42. The molecule has 3 N–H and O–H groups in total. The Balaban J connectivity index is 2.02. The van der Waals surface area contributed by atoms with Gasteiger partial charge in [-0.1, -0.05) is 6.92 Å². The van der Waals surface area contributed by atoms with Crippen LogP contribution in [0.15, 0.2) is 0 Å². The molecule has 1 saturated carbocycles. The maximum Gasteiger partial charge on any atom is 0.224 e. The normalized spacial score (nSPS) is 26.2. The Labute approximate surface area is 79.5 Å². The van der Waals surface area contributed by atoms with E-state index in [0.717, 1.165) is 26.1 Å². The van der Waals surface area contributed by atoms with E-state index >= 15 is 0 Å². The summed E-state index contributed by atoms with van der Waals surface area (Å²) in [5.74, 6) is 0.212. The maximum atomic E-state index is 11.3. The first kappa shape index (κ1) is 10.5. The number of rotatable bonds is 5. The fourth-order valence-electron chi connectivity index (χ4n) is 1.18. The van der Waals surface area contributed by atoms with E-state index in [4.69, 9.17) is 5.73 Å². The second-order valence-corrected chi connectivity index (χ2v) is 3.69. The molecule has 0 aromatic carbocycles. The third kappa shape index (κ3) is 3.32. The van der Waals surface area contributed by atoms with Crippen molar-refractivity contribution in [3.8, 4) is 0 Å². The molecule has 0 bridgehead atoms. The minimum atomic E-state index is 0.0898. The van der Waals surface area contributed by atoms with Crippen molar-refractivity contribution in [1.82, 2.24) is 10.2 Å². The molecule has 2 atom stereocenters. The molecule has 0 aromatic rings. The molecule has 0 aliphatic heterocycles. The summed E-state index contributed by atoms with van der Waals surface area (Å²) in [6.45, 7) is 4.74. The van der Waals surface area contributed by atoms with Gasteiger partial charge in [-0.3, -0.25) is 4.79 Å². The second-order valence-electron chi connectivity index (χ2n) is 3.69. The lowest BCUT2D eigenvalue weighted by atomic mass is 10.3. The number of hydrogen-bond acceptors (Lipinski definition) is 3. The molecule has 0 radical (unpaired) electrons. The molecular weight excluding hydrogens is 166 g/mol. The molecule has 76 valence electrons. The lowest BCUT2D eigenvalue weighted by Gasteiger charge is -2.13. The molecule has 0 aromatic heterocycles. The SMILES string of the molecule is CCN(C)CCNC(=O)C1CC1N. The predicted octanol–water partition coefficient (Wildman–Crippen LogP) is -0.598. The average molecular weight is 185 g/mol. The average Bonchev–Trinajstić information content (AvgIpc) is 2.82. The van der Waals surface area contributed by atoms with Gasteiger partial charge in [0.15, 0.2) is 0 Å². The van der Waals surface area contributed by atoms with Gasteiger partial charge in [-0.25, -0.2) is 0 Å². The van der Waals surface area contributed by atoms with E-state index in [2.05, 4.69) is 17.1 Å². The fourth-order valence-corrected chi connectivity index (χ4v) is 1.18. The van der Waals surface area contributed by atoms with Crippen molar-refractivity contribution >= 4 is 5.91 Å². The van der Waals surface area contributed by atoms with Crippen LogP contribution in [0.3, 0.4) is 0 Å². The number of nitrogens with two attached hydrogens (primary N) is 1. The number of carbonyl (C=O) groups excluding carboxylic acids is 1. The number of amides is 1. The minimum Gasteiger partial charge on any atom is -0.355 e. The Kier molecular flexibility index (Phi) is 3.69. The van der Waals surface area contributed by atoms with Crippen LogP contribution < -0.4 is 11.1 Å². The van der Waals surface area contributed by atoms with Crippen molar-refractivity contribution in [2.24, 2.45) is 11.7 Å². The number of hydrogen-bond donors (Lipinski definition) is 2. The van der Waals surface area contributed by atoms with Gasteiger partial charge >= 0.3 is 0 Å². The van der Waals surface area contributed by atoms with E-state index in [1.54, 1.807) is 0 Å². The highest BCUT2D eigenvalue weighted by Gasteiger charge is 2.39. The highest BCUT2D eigenvalue weighted by molar-refractivity contribution is 5.82. The summed E-state index contributed by atoms with van der Waals surface area (Å²) in [5, 5.41) is 2.88. The Morgan fingerprint density at radius 1 is 1.69 bits per heavy atom. The molecule has 1 amide bonds. The van der Waals surface area contributed by atoms with Gasteiger partial charge in [-0.15, -0.1) is 0 Å². The van der Waals surface area contributed by atoms with E-state index in [9.17, 15) is 4.79 Å². The summed E-state index contributed by atoms with van der Waals surface area (Å²) in [7, 11) is 2.04. The van der Waals surface area contributed by atoms with Crippen LogP contribution in [-0.2, 0) is 4.79 Å². The van der Waals surface area contributed by atoms with E-state index in [1.807, 2.05) is 7.05 Å². The largest absolute Gasteiger partial charge is 0.355 e. The number of nitrogens with zero attached hydrogens (tertiary/aromatic N) is 1. The van der Waals surface area contributed by atoms with Crippen LogP contribution >= 0.6 is 0 Å². The smallest absolute Gasteiger partial charge is 0.224 e. The quantitative estimate of drug-likeness (QED) is 0.601. The van der Waals surface area contributed by atoms with Gasteiger partial charge in [0.25, 0.3) is 0 Å². The van der Waals surface area contributed by atoms with E-state index in [-0.39, 0.29) is 17.9 Å². The Bertz CT molecular complexity index is 184. The highest BCUT2D eigenvalue weighted by Crippen LogP contribution is 2.27. The standard InChI is InChI=1S/C9H19N3O/c1-3-12(2)5-4-11-9(13)7-6-8(7)10/h7-8H,3-6,10H2,1-2H3,(H,11,13). The van der Waals surface area contributed by atoms with Crippen molar-refractivity contribution in [1.29, 1.82) is 0 Å². The molecule has 1 aliphatic carbocycles. The fraction of sp³-hybridized carbons (Fsp3) is 0.889. The molecular formula is C9H19N3O. The highest BCUT2D eigenvalue weighted by atomic mass is 16.2. The van der Waals surface area contributed by atoms with Crippen LogP contribution in [0, 0.1) is 5.92 Å². The molecule has 1 fully saturated rings. The third-order valence-electron chi connectivity index (χ3n) is 2.51. The molecule has 1 rings (SSSR count). The van der Waals surface area contributed by atoms with Crippen LogP contribution in [0.25, 0.3) is 0 Å². The van der Waals surface area contributed by atoms with Crippen molar-refractivity contribution in [3.05, 3.63) is 0 Å². The topological polar surface area (TPSA) is 58.4 Å². The van der Waals surface area contributed by atoms with Gasteiger partial charge in [-0.2, -0.15) is 0 Å². The molecule has 1 aliphatic rings. The Morgan fingerprint density at radius 3 is 2.77 bits per heavy atom. The number of nitrogens with one attached hydrogen (secondary N) is 1. The monoisotopic (exact) mass is 185 g/mol. The minimum absolute atomic E-state index is 0.0898. The first-order valence-corrected chi connectivity index (χ1v) is 4.87. The van der Waals surface area contributed by atoms with E-state index in [1.165, 1.54) is 0 Å². The van der Waals surface area contributed by atoms with Crippen LogP contribution in [0.4, 0.5) is 0 Å². The van der Waals surface area contributed by atoms with E-state index in [0.29, 0.717) is 0 Å². The third-order valence-corrected chi connectivity index (χ3v) is 2.51. The van der Waals surface area contributed by atoms with E-state index < -0.39 is 0 Å². The molecule has 0 heterocycles. The molecule has 4 heteroatoms.